The molecule has 2 aliphatic heterocycles. The lowest BCUT2D eigenvalue weighted by molar-refractivity contribution is -0.138. The van der Waals surface area contributed by atoms with Crippen molar-refractivity contribution in [2.75, 3.05) is 13.1 Å². The number of fused-ring (bicyclic) bond motifs is 3. The van der Waals surface area contributed by atoms with Crippen LogP contribution >= 0.6 is 11.3 Å². The van der Waals surface area contributed by atoms with Gasteiger partial charge in [0.2, 0.25) is 5.91 Å². The van der Waals surface area contributed by atoms with Crippen LogP contribution in [0.3, 0.4) is 0 Å². The number of Topliss-reactive ketones (excluding diaryl/α,β-unsaturated/α-hetero) is 1. The van der Waals surface area contributed by atoms with E-state index < -0.39 is 0 Å². The van der Waals surface area contributed by atoms with Gasteiger partial charge in [-0.05, 0) is 66.8 Å². The number of ketones is 1. The Morgan fingerprint density at radius 1 is 0.977 bits per heavy atom. The Labute approximate surface area is 266 Å². The van der Waals surface area contributed by atoms with Gasteiger partial charge in [-0.2, -0.15) is 0 Å². The summed E-state index contributed by atoms with van der Waals surface area (Å²) in [7, 11) is 0. The van der Waals surface area contributed by atoms with Crippen molar-refractivity contribution in [1.29, 1.82) is 0 Å². The third-order valence-corrected chi connectivity index (χ3v) is 10.6. The average Bonchev–Trinajstić information content (AvgIpc) is 3.82. The van der Waals surface area contributed by atoms with E-state index in [0.29, 0.717) is 23.6 Å². The van der Waals surface area contributed by atoms with Crippen molar-refractivity contribution in [2.24, 2.45) is 11.8 Å². The first-order valence-electron chi connectivity index (χ1n) is 16.5. The Hall–Kier alpha value is -3.29. The molecule has 0 N–H and O–H groups in total. The van der Waals surface area contributed by atoms with E-state index in [2.05, 4.69) is 96.0 Å². The molecule has 0 saturated carbocycles. The topological polar surface area (TPSA) is 58.4 Å². The highest BCUT2D eigenvalue weighted by molar-refractivity contribution is 7.09. The minimum absolute atomic E-state index is 0.0397. The van der Waals surface area contributed by atoms with Gasteiger partial charge in [0.1, 0.15) is 5.82 Å². The Bertz CT molecular complexity index is 1570. The molecule has 2 aromatic heterocycles. The molecule has 0 aliphatic carbocycles. The van der Waals surface area contributed by atoms with Gasteiger partial charge in [-0.1, -0.05) is 64.1 Å². The number of amides is 1. The number of benzene rings is 2. The highest BCUT2D eigenvalue weighted by Crippen LogP contribution is 2.35. The molecule has 6 rings (SSSR count). The second-order valence-electron chi connectivity index (χ2n) is 13.2. The summed E-state index contributed by atoms with van der Waals surface area (Å²) in [6.45, 7) is 11.4. The second kappa shape index (κ2) is 13.4. The number of carbonyl (C=O) groups excluding carboxylic acids is 2. The molecule has 0 spiro atoms. The molecule has 0 radical (unpaired) electrons. The number of hydrogen-bond acceptors (Lipinski definition) is 5. The number of piperazine rings is 1. The monoisotopic (exact) mass is 610 g/mol. The van der Waals surface area contributed by atoms with Crippen LogP contribution in [0.1, 0.15) is 92.5 Å². The zero-order chi connectivity index (χ0) is 30.8. The molecule has 1 amide bonds. The molecular weight excluding hydrogens is 565 g/mol. The van der Waals surface area contributed by atoms with E-state index in [4.69, 9.17) is 4.98 Å². The molecule has 4 aromatic rings. The summed E-state index contributed by atoms with van der Waals surface area (Å²) >= 11 is 1.75. The van der Waals surface area contributed by atoms with Crippen molar-refractivity contribution in [1.82, 2.24) is 19.4 Å². The highest BCUT2D eigenvalue weighted by Gasteiger charge is 2.46. The van der Waals surface area contributed by atoms with Crippen molar-refractivity contribution < 1.29 is 9.59 Å². The summed E-state index contributed by atoms with van der Waals surface area (Å²) in [6, 6.07) is 21.8. The Morgan fingerprint density at radius 2 is 1.77 bits per heavy atom. The van der Waals surface area contributed by atoms with Crippen LogP contribution in [0.5, 0.6) is 0 Å². The molecular formula is C37H46N4O2S. The number of likely N-dealkylation sites (tertiary alicyclic amines) is 2. The van der Waals surface area contributed by atoms with Crippen LogP contribution in [0, 0.1) is 11.8 Å². The van der Waals surface area contributed by atoms with Gasteiger partial charge in [0.25, 0.3) is 0 Å². The third kappa shape index (κ3) is 6.40. The molecule has 3 atom stereocenters. The molecule has 232 valence electrons. The zero-order valence-corrected chi connectivity index (χ0v) is 27.4. The summed E-state index contributed by atoms with van der Waals surface area (Å²) in [5.41, 5.74) is 3.94. The van der Waals surface area contributed by atoms with E-state index in [0.717, 1.165) is 68.6 Å². The largest absolute Gasteiger partial charge is 0.337 e. The van der Waals surface area contributed by atoms with Gasteiger partial charge in [-0.25, -0.2) is 4.98 Å². The van der Waals surface area contributed by atoms with Gasteiger partial charge in [0.05, 0.1) is 11.0 Å². The standard InChI is InChI=1S/C37H46N4O2S/c1-5-29(6-2)41-34-15-14-27(18-33(34)38-36(41)21-32-13-10-16-44-32)35(42)19-28(17-25(3)4)37(43)40-24-30-20-31(40)23-39(30)22-26-11-8-7-9-12-26/h7-16,18,25,28-31H,5-6,17,19-24H2,1-4H3/t28-,30-,31-/m1/s1. The molecule has 0 unspecified atom stereocenters. The quantitative estimate of drug-likeness (QED) is 0.145. The van der Waals surface area contributed by atoms with Crippen LogP contribution in [-0.4, -0.2) is 56.2 Å². The number of nitrogens with zero attached hydrogens (tertiary/aromatic N) is 4. The van der Waals surface area contributed by atoms with Gasteiger partial charge in [0.15, 0.2) is 5.78 Å². The molecule has 4 heterocycles. The summed E-state index contributed by atoms with van der Waals surface area (Å²) < 4.78 is 2.39. The first kappa shape index (κ1) is 30.7. The van der Waals surface area contributed by atoms with E-state index in [-0.39, 0.29) is 30.1 Å². The number of imidazole rings is 1. The molecule has 44 heavy (non-hydrogen) atoms. The van der Waals surface area contributed by atoms with Crippen LogP contribution in [0.25, 0.3) is 11.0 Å². The smallest absolute Gasteiger partial charge is 0.226 e. The maximum absolute atomic E-state index is 14.0. The molecule has 6 nitrogen and oxygen atoms in total. The van der Waals surface area contributed by atoms with E-state index in [1.807, 2.05) is 12.1 Å². The summed E-state index contributed by atoms with van der Waals surface area (Å²) in [5, 5.41) is 2.11. The minimum Gasteiger partial charge on any atom is -0.337 e. The van der Waals surface area contributed by atoms with Gasteiger partial charge in [-0.15, -0.1) is 11.3 Å². The average molecular weight is 611 g/mol. The maximum atomic E-state index is 14.0. The summed E-state index contributed by atoms with van der Waals surface area (Å²) in [4.78, 5) is 38.8. The van der Waals surface area contributed by atoms with Crippen molar-refractivity contribution >= 4 is 34.1 Å². The first-order chi connectivity index (χ1) is 21.3. The summed E-state index contributed by atoms with van der Waals surface area (Å²) in [5.74, 6) is 1.30. The maximum Gasteiger partial charge on any atom is 0.226 e. The fourth-order valence-electron chi connectivity index (χ4n) is 7.52. The molecule has 2 aromatic carbocycles. The second-order valence-corrected chi connectivity index (χ2v) is 14.3. The van der Waals surface area contributed by atoms with E-state index in [1.54, 1.807) is 11.3 Å². The number of aromatic nitrogens is 2. The van der Waals surface area contributed by atoms with Crippen LogP contribution < -0.4 is 0 Å². The highest BCUT2D eigenvalue weighted by atomic mass is 32.1. The SMILES string of the molecule is CCC(CC)n1c(Cc2cccs2)nc2cc(C(=O)C[C@@H](CC(C)C)C(=O)N3C[C@H]4C[C@@H]3CN4Cc3ccccc3)ccc21. The first-order valence-corrected chi connectivity index (χ1v) is 17.4. The lowest BCUT2D eigenvalue weighted by atomic mass is 9.89. The van der Waals surface area contributed by atoms with Crippen LogP contribution in [-0.2, 0) is 17.8 Å². The Morgan fingerprint density at radius 3 is 2.43 bits per heavy atom. The van der Waals surface area contributed by atoms with Gasteiger partial charge >= 0.3 is 0 Å². The van der Waals surface area contributed by atoms with Crippen LogP contribution in [0.15, 0.2) is 66.0 Å². The number of rotatable bonds is 13. The lowest BCUT2D eigenvalue weighted by Crippen LogP contribution is -2.50. The van der Waals surface area contributed by atoms with Crippen molar-refractivity contribution in [2.45, 2.75) is 90.9 Å². The van der Waals surface area contributed by atoms with Crippen molar-refractivity contribution in [3.63, 3.8) is 0 Å². The Balaban J connectivity index is 1.18. The normalized spacial score (nSPS) is 19.1. The molecule has 2 fully saturated rings. The predicted octanol–water partition coefficient (Wildman–Crippen LogP) is 7.77. The van der Waals surface area contributed by atoms with Gasteiger partial charge in [0, 0.05) is 67.0 Å². The fraction of sp³-hybridized carbons (Fsp3) is 0.486. The fourth-order valence-corrected chi connectivity index (χ4v) is 8.23. The number of thiophene rings is 1. The van der Waals surface area contributed by atoms with Crippen molar-refractivity contribution in [3.05, 3.63) is 87.9 Å². The molecule has 2 aliphatic rings. The van der Waals surface area contributed by atoms with E-state index in [1.165, 1.54) is 10.4 Å². The minimum atomic E-state index is -0.295. The number of carbonyl (C=O) groups is 2. The number of hydrogen-bond donors (Lipinski definition) is 0. The predicted molar refractivity (Wildman–Crippen MR) is 179 cm³/mol. The third-order valence-electron chi connectivity index (χ3n) is 9.71. The van der Waals surface area contributed by atoms with Gasteiger partial charge in [-0.3, -0.25) is 14.5 Å². The Kier molecular flexibility index (Phi) is 9.34. The zero-order valence-electron chi connectivity index (χ0n) is 26.6. The summed E-state index contributed by atoms with van der Waals surface area (Å²) in [6.07, 6.45) is 4.85. The lowest BCUT2D eigenvalue weighted by Gasteiger charge is -2.36. The molecule has 7 heteroatoms. The van der Waals surface area contributed by atoms with Crippen LogP contribution in [0.4, 0.5) is 0 Å². The van der Waals surface area contributed by atoms with E-state index >= 15 is 0 Å². The molecule has 2 saturated heterocycles. The van der Waals surface area contributed by atoms with Crippen LogP contribution in [0.2, 0.25) is 0 Å². The molecule has 2 bridgehead atoms. The van der Waals surface area contributed by atoms with Crippen molar-refractivity contribution in [3.8, 4) is 0 Å². The van der Waals surface area contributed by atoms with Gasteiger partial charge < -0.3 is 9.47 Å². The van der Waals surface area contributed by atoms with E-state index in [9.17, 15) is 9.59 Å².